The summed E-state index contributed by atoms with van der Waals surface area (Å²) in [6, 6.07) is 7.40. The van der Waals surface area contributed by atoms with Gasteiger partial charge in [0.15, 0.2) is 11.5 Å². The van der Waals surface area contributed by atoms with E-state index >= 15 is 0 Å². The number of benzene rings is 1. The summed E-state index contributed by atoms with van der Waals surface area (Å²) in [4.78, 5) is 14.3. The van der Waals surface area contributed by atoms with Gasteiger partial charge in [0.05, 0.1) is 18.1 Å². The van der Waals surface area contributed by atoms with Gasteiger partial charge in [-0.1, -0.05) is 6.07 Å². The molecule has 0 saturated heterocycles. The van der Waals surface area contributed by atoms with Crippen molar-refractivity contribution in [2.75, 3.05) is 19.8 Å². The highest BCUT2D eigenvalue weighted by Gasteiger charge is 2.25. The number of ether oxygens (including phenoxy) is 2. The lowest BCUT2D eigenvalue weighted by atomic mass is 10.1. The number of hydrogen-bond donors (Lipinski definition) is 0. The number of nitriles is 1. The van der Waals surface area contributed by atoms with Crippen molar-refractivity contribution < 1.29 is 14.3 Å². The minimum atomic E-state index is -0.127. The molecule has 1 aromatic rings. The number of carbonyl (C=O) groups excluding carboxylic acids is 1. The Morgan fingerprint density at radius 3 is 2.85 bits per heavy atom. The Morgan fingerprint density at radius 1 is 1.40 bits per heavy atom. The lowest BCUT2D eigenvalue weighted by Crippen LogP contribution is -2.38. The van der Waals surface area contributed by atoms with Gasteiger partial charge in [0.25, 0.3) is 5.91 Å². The van der Waals surface area contributed by atoms with Crippen molar-refractivity contribution in [1.29, 1.82) is 5.26 Å². The van der Waals surface area contributed by atoms with Gasteiger partial charge in [0.2, 0.25) is 0 Å². The molecule has 0 radical (unpaired) electrons. The van der Waals surface area contributed by atoms with Crippen LogP contribution < -0.4 is 9.47 Å². The van der Waals surface area contributed by atoms with Crippen LogP contribution in [0, 0.1) is 11.3 Å². The lowest BCUT2D eigenvalue weighted by Gasteiger charge is -2.28. The van der Waals surface area contributed by atoms with Crippen LogP contribution in [0.25, 0.3) is 0 Å². The molecule has 2 rings (SSSR count). The highest BCUT2D eigenvalue weighted by atomic mass is 16.6. The average Bonchev–Trinajstić information content (AvgIpc) is 2.46. The van der Waals surface area contributed by atoms with Crippen molar-refractivity contribution in [3.8, 4) is 17.6 Å². The van der Waals surface area contributed by atoms with E-state index in [0.717, 1.165) is 0 Å². The quantitative estimate of drug-likeness (QED) is 0.844. The molecule has 5 heteroatoms. The van der Waals surface area contributed by atoms with E-state index in [2.05, 4.69) is 6.07 Å². The second-order valence-electron chi connectivity index (χ2n) is 4.83. The van der Waals surface area contributed by atoms with E-state index < -0.39 is 0 Å². The molecule has 0 atom stereocenters. The summed E-state index contributed by atoms with van der Waals surface area (Å²) >= 11 is 0. The molecular formula is C15H18N2O3. The molecule has 0 saturated carbocycles. The van der Waals surface area contributed by atoms with E-state index in [1.165, 1.54) is 0 Å². The van der Waals surface area contributed by atoms with Gasteiger partial charge >= 0.3 is 0 Å². The van der Waals surface area contributed by atoms with Crippen LogP contribution in [0.2, 0.25) is 0 Å². The summed E-state index contributed by atoms with van der Waals surface area (Å²) in [7, 11) is 0. The minimum Gasteiger partial charge on any atom is -0.486 e. The van der Waals surface area contributed by atoms with E-state index in [-0.39, 0.29) is 11.9 Å². The zero-order chi connectivity index (χ0) is 14.5. The zero-order valence-corrected chi connectivity index (χ0v) is 11.8. The normalized spacial score (nSPS) is 12.9. The first-order valence-electron chi connectivity index (χ1n) is 6.71. The SMILES string of the molecule is CC(C)N(CCC#N)C(=O)c1cccc2c1OCCO2. The fourth-order valence-electron chi connectivity index (χ4n) is 2.16. The minimum absolute atomic E-state index is 0.0243. The molecule has 0 bridgehead atoms. The number of amides is 1. The van der Waals surface area contributed by atoms with Gasteiger partial charge in [-0.2, -0.15) is 5.26 Å². The number of carbonyl (C=O) groups is 1. The molecular weight excluding hydrogens is 256 g/mol. The summed E-state index contributed by atoms with van der Waals surface area (Å²) < 4.78 is 11.1. The highest BCUT2D eigenvalue weighted by Crippen LogP contribution is 2.34. The van der Waals surface area contributed by atoms with Crippen molar-refractivity contribution in [1.82, 2.24) is 4.90 Å². The molecule has 0 fully saturated rings. The predicted octanol–water partition coefficient (Wildman–Crippen LogP) is 2.22. The Kier molecular flexibility index (Phi) is 4.46. The number of rotatable bonds is 4. The zero-order valence-electron chi connectivity index (χ0n) is 11.8. The first-order chi connectivity index (χ1) is 9.65. The Bertz CT molecular complexity index is 534. The largest absolute Gasteiger partial charge is 0.486 e. The van der Waals surface area contributed by atoms with Crippen molar-refractivity contribution in [2.45, 2.75) is 26.3 Å². The van der Waals surface area contributed by atoms with Gasteiger partial charge < -0.3 is 14.4 Å². The number of hydrogen-bond acceptors (Lipinski definition) is 4. The number of nitrogens with zero attached hydrogens (tertiary/aromatic N) is 2. The van der Waals surface area contributed by atoms with Gasteiger partial charge in [-0.05, 0) is 26.0 Å². The van der Waals surface area contributed by atoms with Crippen LogP contribution in [0.5, 0.6) is 11.5 Å². The molecule has 1 aliphatic heterocycles. The molecule has 1 aliphatic rings. The number of fused-ring (bicyclic) bond motifs is 1. The van der Waals surface area contributed by atoms with Gasteiger partial charge in [-0.15, -0.1) is 0 Å². The first-order valence-corrected chi connectivity index (χ1v) is 6.71. The van der Waals surface area contributed by atoms with Crippen molar-refractivity contribution >= 4 is 5.91 Å². The fraction of sp³-hybridized carbons (Fsp3) is 0.467. The monoisotopic (exact) mass is 274 g/mol. The molecule has 1 aromatic carbocycles. The molecule has 0 aliphatic carbocycles. The molecule has 1 heterocycles. The molecule has 106 valence electrons. The van der Waals surface area contributed by atoms with Gasteiger partial charge in [-0.25, -0.2) is 0 Å². The van der Waals surface area contributed by atoms with Crippen molar-refractivity contribution in [3.05, 3.63) is 23.8 Å². The van der Waals surface area contributed by atoms with Gasteiger partial charge in [0, 0.05) is 12.6 Å². The van der Waals surface area contributed by atoms with E-state index in [9.17, 15) is 4.79 Å². The maximum absolute atomic E-state index is 12.6. The molecule has 0 N–H and O–H groups in total. The van der Waals surface area contributed by atoms with Crippen molar-refractivity contribution in [2.24, 2.45) is 0 Å². The Morgan fingerprint density at radius 2 is 2.15 bits per heavy atom. The van der Waals surface area contributed by atoms with E-state index in [1.54, 1.807) is 23.1 Å². The number of para-hydroxylation sites is 1. The second kappa shape index (κ2) is 6.29. The highest BCUT2D eigenvalue weighted by molar-refractivity contribution is 5.98. The van der Waals surface area contributed by atoms with E-state index in [1.807, 2.05) is 13.8 Å². The summed E-state index contributed by atoms with van der Waals surface area (Å²) in [5.74, 6) is 0.982. The first kappa shape index (κ1) is 14.2. The van der Waals surface area contributed by atoms with Crippen LogP contribution in [-0.2, 0) is 0 Å². The third kappa shape index (κ3) is 2.85. The van der Waals surface area contributed by atoms with Crippen LogP contribution in [0.1, 0.15) is 30.6 Å². The standard InChI is InChI=1S/C15H18N2O3/c1-11(2)17(8-4-7-16)15(18)12-5-3-6-13-14(12)20-10-9-19-13/h3,5-6,11H,4,8-10H2,1-2H3. The molecule has 1 amide bonds. The molecule has 0 unspecified atom stereocenters. The van der Waals surface area contributed by atoms with Gasteiger partial charge in [-0.3, -0.25) is 4.79 Å². The molecule has 0 spiro atoms. The topological polar surface area (TPSA) is 62.6 Å². The van der Waals surface area contributed by atoms with Crippen LogP contribution in [0.4, 0.5) is 0 Å². The summed E-state index contributed by atoms with van der Waals surface area (Å²) in [5.41, 5.74) is 0.494. The third-order valence-corrected chi connectivity index (χ3v) is 3.15. The van der Waals surface area contributed by atoms with Crippen LogP contribution in [0.15, 0.2) is 18.2 Å². The molecule has 0 aromatic heterocycles. The fourth-order valence-corrected chi connectivity index (χ4v) is 2.16. The predicted molar refractivity (Wildman–Crippen MR) is 73.8 cm³/mol. The smallest absolute Gasteiger partial charge is 0.258 e. The Labute approximate surface area is 118 Å². The van der Waals surface area contributed by atoms with Gasteiger partial charge in [0.1, 0.15) is 13.2 Å². The van der Waals surface area contributed by atoms with Crippen molar-refractivity contribution in [3.63, 3.8) is 0 Å². The van der Waals surface area contributed by atoms with Crippen LogP contribution in [0.3, 0.4) is 0 Å². The van der Waals surface area contributed by atoms with Crippen LogP contribution >= 0.6 is 0 Å². The maximum atomic E-state index is 12.6. The van der Waals surface area contributed by atoms with Crippen LogP contribution in [-0.4, -0.2) is 36.6 Å². The Hall–Kier alpha value is -2.22. The molecule has 20 heavy (non-hydrogen) atoms. The average molecular weight is 274 g/mol. The summed E-state index contributed by atoms with van der Waals surface area (Å²) in [5, 5.41) is 8.71. The summed E-state index contributed by atoms with van der Waals surface area (Å²) in [6.45, 7) is 5.21. The summed E-state index contributed by atoms with van der Waals surface area (Å²) in [6.07, 6.45) is 0.316. The lowest BCUT2D eigenvalue weighted by molar-refractivity contribution is 0.0700. The third-order valence-electron chi connectivity index (χ3n) is 3.15. The molecule has 5 nitrogen and oxygen atoms in total. The maximum Gasteiger partial charge on any atom is 0.258 e. The van der Waals surface area contributed by atoms with E-state index in [4.69, 9.17) is 14.7 Å². The Balaban J connectivity index is 2.30. The van der Waals surface area contributed by atoms with E-state index in [0.29, 0.717) is 43.2 Å². The second-order valence-corrected chi connectivity index (χ2v) is 4.83.